The van der Waals surface area contributed by atoms with Crippen molar-refractivity contribution < 1.29 is 14.7 Å². The number of carboxylic acids is 1. The number of fused-ring (bicyclic) bond motifs is 1. The summed E-state index contributed by atoms with van der Waals surface area (Å²) in [7, 11) is 0. The van der Waals surface area contributed by atoms with Gasteiger partial charge in [0.15, 0.2) is 0 Å². The fourth-order valence-corrected chi connectivity index (χ4v) is 2.47. The molecule has 118 valence electrons. The number of benzene rings is 1. The Morgan fingerprint density at radius 2 is 2.09 bits per heavy atom. The molecule has 0 bridgehead atoms. The molecule has 0 saturated heterocycles. The third kappa shape index (κ3) is 3.87. The van der Waals surface area contributed by atoms with Gasteiger partial charge in [-0.25, -0.2) is 0 Å². The van der Waals surface area contributed by atoms with Crippen molar-refractivity contribution >= 4 is 28.5 Å². The molecular weight excluding hydrogens is 280 g/mol. The summed E-state index contributed by atoms with van der Waals surface area (Å²) in [4.78, 5) is 22.9. The molecule has 1 heterocycles. The van der Waals surface area contributed by atoms with Crippen LogP contribution in [0.2, 0.25) is 0 Å². The van der Waals surface area contributed by atoms with E-state index in [9.17, 15) is 9.59 Å². The number of carboxylic acid groups (broad SMARTS) is 1. The Bertz CT molecular complexity index is 676. The third-order valence-electron chi connectivity index (χ3n) is 3.78. The summed E-state index contributed by atoms with van der Waals surface area (Å²) >= 11 is 0. The van der Waals surface area contributed by atoms with Crippen molar-refractivity contribution in [3.8, 4) is 0 Å². The highest BCUT2D eigenvalue weighted by Gasteiger charge is 2.13. The number of anilines is 1. The van der Waals surface area contributed by atoms with Gasteiger partial charge in [0, 0.05) is 28.7 Å². The maximum atomic E-state index is 12.1. The van der Waals surface area contributed by atoms with Gasteiger partial charge < -0.3 is 15.0 Å². The first-order chi connectivity index (χ1) is 10.5. The fourth-order valence-electron chi connectivity index (χ4n) is 2.47. The predicted octanol–water partition coefficient (Wildman–Crippen LogP) is 3.49. The summed E-state index contributed by atoms with van der Waals surface area (Å²) < 4.78 is 1.67. The van der Waals surface area contributed by atoms with Crippen molar-refractivity contribution in [1.82, 2.24) is 4.57 Å². The summed E-state index contributed by atoms with van der Waals surface area (Å²) in [5, 5.41) is 12.7. The van der Waals surface area contributed by atoms with E-state index in [1.807, 2.05) is 31.2 Å². The van der Waals surface area contributed by atoms with Gasteiger partial charge in [-0.1, -0.05) is 26.7 Å². The number of amides is 1. The lowest BCUT2D eigenvalue weighted by atomic mass is 10.0. The van der Waals surface area contributed by atoms with Crippen molar-refractivity contribution in [2.24, 2.45) is 5.92 Å². The van der Waals surface area contributed by atoms with Crippen LogP contribution >= 0.6 is 0 Å². The molecule has 0 aliphatic heterocycles. The van der Waals surface area contributed by atoms with Gasteiger partial charge in [0.25, 0.3) is 0 Å². The van der Waals surface area contributed by atoms with E-state index < -0.39 is 5.97 Å². The van der Waals surface area contributed by atoms with Crippen LogP contribution in [0, 0.1) is 5.92 Å². The molecule has 0 radical (unpaired) electrons. The summed E-state index contributed by atoms with van der Waals surface area (Å²) in [6.07, 6.45) is 4.76. The molecule has 1 aromatic carbocycles. The second-order valence-electron chi connectivity index (χ2n) is 5.64. The lowest BCUT2D eigenvalue weighted by Gasteiger charge is -2.12. The topological polar surface area (TPSA) is 71.3 Å². The lowest BCUT2D eigenvalue weighted by Crippen LogP contribution is -2.20. The molecular formula is C17H22N2O3. The van der Waals surface area contributed by atoms with Crippen molar-refractivity contribution in [3.05, 3.63) is 30.5 Å². The minimum Gasteiger partial charge on any atom is -0.480 e. The molecule has 2 aromatic rings. The molecule has 1 amide bonds. The monoisotopic (exact) mass is 302 g/mol. The number of hydrogen-bond acceptors (Lipinski definition) is 2. The lowest BCUT2D eigenvalue weighted by molar-refractivity contribution is -0.137. The highest BCUT2D eigenvalue weighted by Crippen LogP contribution is 2.21. The van der Waals surface area contributed by atoms with Crippen LogP contribution in [0.25, 0.3) is 10.9 Å². The molecule has 0 aliphatic carbocycles. The van der Waals surface area contributed by atoms with E-state index in [0.717, 1.165) is 35.9 Å². The number of hydrogen-bond donors (Lipinski definition) is 2. The van der Waals surface area contributed by atoms with E-state index >= 15 is 0 Å². The number of nitrogens with zero attached hydrogens (tertiary/aromatic N) is 1. The smallest absolute Gasteiger partial charge is 0.323 e. The SMILES string of the molecule is CCCCC(C)C(=O)Nc1ccc2c(ccn2CC(=O)O)c1. The zero-order valence-electron chi connectivity index (χ0n) is 13.0. The summed E-state index contributed by atoms with van der Waals surface area (Å²) in [6, 6.07) is 7.38. The van der Waals surface area contributed by atoms with Gasteiger partial charge in [0.2, 0.25) is 5.91 Å². The van der Waals surface area contributed by atoms with Gasteiger partial charge in [-0.3, -0.25) is 9.59 Å². The van der Waals surface area contributed by atoms with Gasteiger partial charge in [0.05, 0.1) is 0 Å². The van der Waals surface area contributed by atoms with Crippen molar-refractivity contribution in [1.29, 1.82) is 0 Å². The molecule has 2 rings (SSSR count). The number of aliphatic carboxylic acids is 1. The Labute approximate surface area is 129 Å². The molecule has 1 aromatic heterocycles. The minimum absolute atomic E-state index is 0.00717. The van der Waals surface area contributed by atoms with Crippen LogP contribution in [0.5, 0.6) is 0 Å². The molecule has 1 atom stereocenters. The van der Waals surface area contributed by atoms with E-state index in [0.29, 0.717) is 0 Å². The van der Waals surface area contributed by atoms with Crippen LogP contribution in [0.15, 0.2) is 30.5 Å². The van der Waals surface area contributed by atoms with E-state index in [-0.39, 0.29) is 18.4 Å². The Morgan fingerprint density at radius 3 is 2.77 bits per heavy atom. The molecule has 5 nitrogen and oxygen atoms in total. The number of carbonyl (C=O) groups excluding carboxylic acids is 1. The highest BCUT2D eigenvalue weighted by atomic mass is 16.4. The first-order valence-corrected chi connectivity index (χ1v) is 7.62. The number of nitrogens with one attached hydrogen (secondary N) is 1. The fraction of sp³-hybridized carbons (Fsp3) is 0.412. The Morgan fingerprint density at radius 1 is 1.32 bits per heavy atom. The zero-order chi connectivity index (χ0) is 16.1. The van der Waals surface area contributed by atoms with Crippen LogP contribution in [0.1, 0.15) is 33.1 Å². The van der Waals surface area contributed by atoms with Crippen molar-refractivity contribution in [2.45, 2.75) is 39.7 Å². The number of aromatic nitrogens is 1. The summed E-state index contributed by atoms with van der Waals surface area (Å²) in [6.45, 7) is 3.98. The molecule has 0 aliphatic rings. The standard InChI is InChI=1S/C17H22N2O3/c1-3-4-5-12(2)17(22)18-14-6-7-15-13(10-14)8-9-19(15)11-16(20)21/h6-10,12H,3-5,11H2,1-2H3,(H,18,22)(H,20,21). The third-order valence-corrected chi connectivity index (χ3v) is 3.78. The first-order valence-electron chi connectivity index (χ1n) is 7.62. The Balaban J connectivity index is 2.10. The highest BCUT2D eigenvalue weighted by molar-refractivity contribution is 5.95. The zero-order valence-corrected chi connectivity index (χ0v) is 13.0. The van der Waals surface area contributed by atoms with Crippen molar-refractivity contribution in [3.63, 3.8) is 0 Å². The van der Waals surface area contributed by atoms with Crippen LogP contribution in [-0.4, -0.2) is 21.6 Å². The van der Waals surface area contributed by atoms with Gasteiger partial charge in [-0.05, 0) is 30.7 Å². The molecule has 5 heteroatoms. The molecule has 0 saturated carbocycles. The Kier molecular flexibility index (Phi) is 5.20. The van der Waals surface area contributed by atoms with Crippen LogP contribution in [0.4, 0.5) is 5.69 Å². The molecule has 0 spiro atoms. The van der Waals surface area contributed by atoms with Gasteiger partial charge in [0.1, 0.15) is 6.54 Å². The maximum absolute atomic E-state index is 12.1. The molecule has 2 N–H and O–H groups in total. The quantitative estimate of drug-likeness (QED) is 0.822. The van der Waals surface area contributed by atoms with E-state index in [2.05, 4.69) is 12.2 Å². The van der Waals surface area contributed by atoms with Crippen LogP contribution < -0.4 is 5.32 Å². The average molecular weight is 302 g/mol. The van der Waals surface area contributed by atoms with Gasteiger partial charge in [-0.2, -0.15) is 0 Å². The van der Waals surface area contributed by atoms with Crippen LogP contribution in [-0.2, 0) is 16.1 Å². The van der Waals surface area contributed by atoms with E-state index in [1.54, 1.807) is 10.8 Å². The average Bonchev–Trinajstić information content (AvgIpc) is 2.86. The number of carbonyl (C=O) groups is 2. The largest absolute Gasteiger partial charge is 0.480 e. The van der Waals surface area contributed by atoms with Gasteiger partial charge >= 0.3 is 5.97 Å². The normalized spacial score (nSPS) is 12.3. The first kappa shape index (κ1) is 16.1. The number of unbranched alkanes of at least 4 members (excludes halogenated alkanes) is 1. The van der Waals surface area contributed by atoms with E-state index in [4.69, 9.17) is 5.11 Å². The molecule has 22 heavy (non-hydrogen) atoms. The Hall–Kier alpha value is -2.30. The summed E-state index contributed by atoms with van der Waals surface area (Å²) in [5.41, 5.74) is 1.59. The molecule has 1 unspecified atom stereocenters. The second kappa shape index (κ2) is 7.11. The van der Waals surface area contributed by atoms with E-state index in [1.165, 1.54) is 0 Å². The van der Waals surface area contributed by atoms with Crippen molar-refractivity contribution in [2.75, 3.05) is 5.32 Å². The molecule has 0 fully saturated rings. The predicted molar refractivity (Wildman–Crippen MR) is 86.9 cm³/mol. The van der Waals surface area contributed by atoms with Gasteiger partial charge in [-0.15, -0.1) is 0 Å². The maximum Gasteiger partial charge on any atom is 0.323 e. The van der Waals surface area contributed by atoms with Crippen LogP contribution in [0.3, 0.4) is 0 Å². The minimum atomic E-state index is -0.875. The summed E-state index contributed by atoms with van der Waals surface area (Å²) in [5.74, 6) is -0.857. The number of rotatable bonds is 7. The second-order valence-corrected chi connectivity index (χ2v) is 5.64.